The largest absolute Gasteiger partial charge is 0.444 e. The highest BCUT2D eigenvalue weighted by Crippen LogP contribution is 2.37. The molecule has 0 spiro atoms. The van der Waals surface area contributed by atoms with Crippen molar-refractivity contribution >= 4 is 17.9 Å². The Labute approximate surface area is 139 Å². The highest BCUT2D eigenvalue weighted by Gasteiger charge is 2.32. The van der Waals surface area contributed by atoms with Gasteiger partial charge in [0.1, 0.15) is 5.60 Å². The summed E-state index contributed by atoms with van der Waals surface area (Å²) in [6.07, 6.45) is -0.834. The van der Waals surface area contributed by atoms with Crippen LogP contribution < -0.4 is 10.6 Å². The van der Waals surface area contributed by atoms with E-state index in [1.165, 1.54) is 0 Å². The quantitative estimate of drug-likeness (QED) is 0.857. The van der Waals surface area contributed by atoms with Gasteiger partial charge in [-0.1, -0.05) is 18.2 Å². The maximum Gasteiger partial charge on any atom is 0.407 e. The Hall–Kier alpha value is -1.34. The van der Waals surface area contributed by atoms with Crippen LogP contribution in [0.15, 0.2) is 29.2 Å². The summed E-state index contributed by atoms with van der Waals surface area (Å²) in [7, 11) is 0. The summed E-state index contributed by atoms with van der Waals surface area (Å²) in [4.78, 5) is 12.6. The van der Waals surface area contributed by atoms with Crippen molar-refractivity contribution in [1.29, 1.82) is 0 Å². The van der Waals surface area contributed by atoms with Gasteiger partial charge in [-0.2, -0.15) is 0 Å². The molecular formula is C16H22F2N2O2S. The van der Waals surface area contributed by atoms with Crippen molar-refractivity contribution in [1.82, 2.24) is 10.6 Å². The molecule has 1 aromatic rings. The van der Waals surface area contributed by atoms with Crippen LogP contribution in [0.5, 0.6) is 0 Å². The van der Waals surface area contributed by atoms with Crippen molar-refractivity contribution in [3.8, 4) is 0 Å². The molecule has 1 aliphatic rings. The van der Waals surface area contributed by atoms with Crippen LogP contribution in [0, 0.1) is 0 Å². The molecule has 1 aromatic carbocycles. The summed E-state index contributed by atoms with van der Waals surface area (Å²) < 4.78 is 32.8. The van der Waals surface area contributed by atoms with Crippen LogP contribution in [-0.2, 0) is 4.74 Å². The average Bonchev–Trinajstić information content (AvgIpc) is 2.85. The summed E-state index contributed by atoms with van der Waals surface area (Å²) in [6.45, 7) is 3.79. The zero-order valence-corrected chi connectivity index (χ0v) is 14.3. The van der Waals surface area contributed by atoms with Crippen molar-refractivity contribution in [2.24, 2.45) is 0 Å². The fourth-order valence-corrected chi connectivity index (χ4v) is 3.38. The molecule has 2 rings (SSSR count). The molecule has 1 atom stereocenters. The number of hydrogen-bond donors (Lipinski definition) is 2. The van der Waals surface area contributed by atoms with Crippen LogP contribution in [0.4, 0.5) is 13.6 Å². The minimum absolute atomic E-state index is 0.0939. The van der Waals surface area contributed by atoms with E-state index >= 15 is 0 Å². The van der Waals surface area contributed by atoms with E-state index in [0.29, 0.717) is 0 Å². The van der Waals surface area contributed by atoms with Crippen molar-refractivity contribution in [2.75, 3.05) is 18.8 Å². The first-order valence-corrected chi connectivity index (χ1v) is 8.45. The van der Waals surface area contributed by atoms with Gasteiger partial charge in [-0.3, -0.25) is 0 Å². The lowest BCUT2D eigenvalue weighted by atomic mass is 10.1. The second kappa shape index (κ2) is 7.05. The summed E-state index contributed by atoms with van der Waals surface area (Å²) in [5, 5.41) is 5.00. The first-order valence-electron chi connectivity index (χ1n) is 7.46. The third kappa shape index (κ3) is 5.66. The van der Waals surface area contributed by atoms with Crippen LogP contribution in [-0.4, -0.2) is 36.5 Å². The SMILES string of the molecule is CC(C)(C)OC(=O)NCC(F)(F)CNC1CSc2ccccc21. The van der Waals surface area contributed by atoms with E-state index in [2.05, 4.69) is 10.6 Å². The molecule has 0 radical (unpaired) electrons. The van der Waals surface area contributed by atoms with Crippen molar-refractivity contribution < 1.29 is 18.3 Å². The van der Waals surface area contributed by atoms with E-state index in [9.17, 15) is 13.6 Å². The molecule has 0 bridgehead atoms. The Balaban J connectivity index is 1.80. The number of fused-ring (bicyclic) bond motifs is 1. The lowest BCUT2D eigenvalue weighted by molar-refractivity contribution is -0.00512. The Morgan fingerprint density at radius 2 is 2.00 bits per heavy atom. The van der Waals surface area contributed by atoms with Crippen LogP contribution in [0.1, 0.15) is 32.4 Å². The highest BCUT2D eigenvalue weighted by molar-refractivity contribution is 7.99. The number of rotatable bonds is 5. The van der Waals surface area contributed by atoms with E-state index in [4.69, 9.17) is 4.74 Å². The average molecular weight is 344 g/mol. The molecule has 4 nitrogen and oxygen atoms in total. The van der Waals surface area contributed by atoms with Crippen molar-refractivity contribution in [2.45, 2.75) is 43.2 Å². The number of benzene rings is 1. The van der Waals surface area contributed by atoms with E-state index < -0.39 is 30.7 Å². The van der Waals surface area contributed by atoms with E-state index in [-0.39, 0.29) is 6.04 Å². The summed E-state index contributed by atoms with van der Waals surface area (Å²) in [6, 6.07) is 7.69. The minimum Gasteiger partial charge on any atom is -0.444 e. The maximum absolute atomic E-state index is 13.9. The van der Waals surface area contributed by atoms with Crippen LogP contribution in [0.2, 0.25) is 0 Å². The van der Waals surface area contributed by atoms with Gasteiger partial charge >= 0.3 is 6.09 Å². The molecule has 7 heteroatoms. The van der Waals surface area contributed by atoms with Gasteiger partial charge in [0.15, 0.2) is 0 Å². The van der Waals surface area contributed by atoms with E-state index in [1.54, 1.807) is 32.5 Å². The monoisotopic (exact) mass is 344 g/mol. The first kappa shape index (κ1) is 18.0. The molecule has 1 aliphatic heterocycles. The van der Waals surface area contributed by atoms with Crippen LogP contribution in [0.3, 0.4) is 0 Å². The number of hydrogen-bond acceptors (Lipinski definition) is 4. The zero-order chi connectivity index (χ0) is 17.1. The van der Waals surface area contributed by atoms with E-state index in [1.807, 2.05) is 24.3 Å². The summed E-state index contributed by atoms with van der Waals surface area (Å²) in [5.41, 5.74) is 0.343. The van der Waals surface area contributed by atoms with Gasteiger partial charge in [0.25, 0.3) is 5.92 Å². The van der Waals surface area contributed by atoms with Crippen LogP contribution in [0.25, 0.3) is 0 Å². The second-order valence-corrected chi connectivity index (χ2v) is 7.56. The predicted octanol–water partition coefficient (Wildman–Crippen LogP) is 3.58. The number of ether oxygens (including phenoxy) is 1. The van der Waals surface area contributed by atoms with Crippen molar-refractivity contribution in [3.05, 3.63) is 29.8 Å². The van der Waals surface area contributed by atoms with Gasteiger partial charge in [0.2, 0.25) is 0 Å². The lowest BCUT2D eigenvalue weighted by Crippen LogP contribution is -2.45. The van der Waals surface area contributed by atoms with Gasteiger partial charge in [-0.25, -0.2) is 13.6 Å². The maximum atomic E-state index is 13.9. The van der Waals surface area contributed by atoms with Gasteiger partial charge in [0, 0.05) is 16.7 Å². The van der Waals surface area contributed by atoms with Gasteiger partial charge in [-0.15, -0.1) is 11.8 Å². The number of alkyl halides is 2. The van der Waals surface area contributed by atoms with Crippen LogP contribution >= 0.6 is 11.8 Å². The Morgan fingerprint density at radius 3 is 2.70 bits per heavy atom. The van der Waals surface area contributed by atoms with Crippen molar-refractivity contribution in [3.63, 3.8) is 0 Å². The fraction of sp³-hybridized carbons (Fsp3) is 0.562. The number of nitrogens with one attached hydrogen (secondary N) is 2. The first-order chi connectivity index (χ1) is 10.7. The van der Waals surface area contributed by atoms with E-state index in [0.717, 1.165) is 16.2 Å². The molecule has 128 valence electrons. The zero-order valence-electron chi connectivity index (χ0n) is 13.5. The normalized spacial score (nSPS) is 17.7. The fourth-order valence-electron chi connectivity index (χ4n) is 2.18. The summed E-state index contributed by atoms with van der Waals surface area (Å²) in [5.74, 6) is -2.31. The number of carbonyl (C=O) groups excluding carboxylic acids is 1. The molecule has 23 heavy (non-hydrogen) atoms. The predicted molar refractivity (Wildman–Crippen MR) is 87.1 cm³/mol. The molecule has 0 aliphatic carbocycles. The Bertz CT molecular complexity index is 561. The number of alkyl carbamates (subject to hydrolysis) is 1. The van der Waals surface area contributed by atoms with Gasteiger partial charge in [-0.05, 0) is 32.4 Å². The topological polar surface area (TPSA) is 50.4 Å². The Kier molecular flexibility index (Phi) is 5.52. The standard InChI is InChI=1S/C16H22F2N2O2S/c1-15(2,3)22-14(21)20-10-16(17,18)9-19-12-8-23-13-7-5-4-6-11(12)13/h4-7,12,19H,8-10H2,1-3H3,(H,20,21). The molecule has 1 unspecified atom stereocenters. The number of carbonyl (C=O) groups is 1. The number of halogens is 2. The summed E-state index contributed by atoms with van der Waals surface area (Å²) >= 11 is 1.65. The molecule has 1 amide bonds. The van der Waals surface area contributed by atoms with Gasteiger partial charge in [0.05, 0.1) is 13.1 Å². The molecular weight excluding hydrogens is 322 g/mol. The van der Waals surface area contributed by atoms with Gasteiger partial charge < -0.3 is 15.4 Å². The molecule has 1 heterocycles. The third-order valence-corrected chi connectivity index (χ3v) is 4.38. The molecule has 0 saturated carbocycles. The Morgan fingerprint density at radius 1 is 1.30 bits per heavy atom. The number of amides is 1. The second-order valence-electron chi connectivity index (χ2n) is 6.49. The highest BCUT2D eigenvalue weighted by atomic mass is 32.2. The lowest BCUT2D eigenvalue weighted by Gasteiger charge is -2.23. The molecule has 0 aromatic heterocycles. The third-order valence-electron chi connectivity index (χ3n) is 3.20. The molecule has 0 fully saturated rings. The smallest absolute Gasteiger partial charge is 0.407 e. The molecule has 2 N–H and O–H groups in total. The number of thioether (sulfide) groups is 1. The minimum atomic E-state index is -3.04. The molecule has 0 saturated heterocycles.